The molecule has 0 fully saturated rings. The smallest absolute Gasteiger partial charge is 0.415 e. The van der Waals surface area contributed by atoms with Gasteiger partial charge < -0.3 is 10.6 Å². The Bertz CT molecular complexity index is 247. The van der Waals surface area contributed by atoms with E-state index in [1.807, 2.05) is 0 Å². The first-order valence-corrected chi connectivity index (χ1v) is 3.02. The number of aliphatic carboxylic acids is 1. The second-order valence-corrected chi connectivity index (χ2v) is 1.88. The molecular formula is C6H7N3O2. The summed E-state index contributed by atoms with van der Waals surface area (Å²) in [5, 5.41) is 16.7. The molecule has 0 aliphatic heterocycles. The molecule has 1 N–H and O–H groups in total. The van der Waals surface area contributed by atoms with Gasteiger partial charge in [0.05, 0.1) is 6.07 Å². The van der Waals surface area contributed by atoms with Gasteiger partial charge in [0, 0.05) is 0 Å². The molecule has 58 valence electrons. The van der Waals surface area contributed by atoms with Crippen LogP contribution in [0.15, 0.2) is 0 Å². The topological polar surface area (TPSA) is 97.5 Å². The van der Waals surface area contributed by atoms with Gasteiger partial charge in [-0.25, -0.2) is 4.79 Å². The molecule has 0 rings (SSSR count). The van der Waals surface area contributed by atoms with Crippen LogP contribution in [0, 0.1) is 17.2 Å². The molecule has 0 saturated carbocycles. The van der Waals surface area contributed by atoms with Gasteiger partial charge in [0.2, 0.25) is 0 Å². The highest BCUT2D eigenvalue weighted by molar-refractivity contribution is 6.34. The van der Waals surface area contributed by atoms with Crippen molar-refractivity contribution in [2.45, 2.75) is 13.3 Å². The maximum absolute atomic E-state index is 10.2. The van der Waals surface area contributed by atoms with Crippen molar-refractivity contribution in [3.05, 3.63) is 5.53 Å². The van der Waals surface area contributed by atoms with Gasteiger partial charge in [-0.15, -0.1) is 0 Å². The fraction of sp³-hybridized carbons (Fsp3) is 0.500. The van der Waals surface area contributed by atoms with E-state index in [9.17, 15) is 4.79 Å². The van der Waals surface area contributed by atoms with Crippen LogP contribution in [0.3, 0.4) is 0 Å². The van der Waals surface area contributed by atoms with Crippen LogP contribution < -0.4 is 0 Å². The Morgan fingerprint density at radius 1 is 1.91 bits per heavy atom. The summed E-state index contributed by atoms with van der Waals surface area (Å²) < 4.78 is 0. The zero-order valence-electron chi connectivity index (χ0n) is 5.98. The summed E-state index contributed by atoms with van der Waals surface area (Å²) in [4.78, 5) is 12.8. The lowest BCUT2D eigenvalue weighted by molar-refractivity contribution is -0.134. The third-order valence-corrected chi connectivity index (χ3v) is 1.22. The molecule has 0 aromatic rings. The molecule has 11 heavy (non-hydrogen) atoms. The van der Waals surface area contributed by atoms with E-state index in [0.29, 0.717) is 6.42 Å². The number of nitrogens with zero attached hydrogens (tertiary/aromatic N) is 3. The van der Waals surface area contributed by atoms with E-state index in [4.69, 9.17) is 15.9 Å². The van der Waals surface area contributed by atoms with Crippen molar-refractivity contribution in [2.24, 2.45) is 5.92 Å². The Labute approximate surface area is 63.5 Å². The van der Waals surface area contributed by atoms with Gasteiger partial charge in [-0.3, -0.25) is 0 Å². The summed E-state index contributed by atoms with van der Waals surface area (Å²) in [6, 6.07) is 1.71. The Morgan fingerprint density at radius 2 is 2.45 bits per heavy atom. The summed E-state index contributed by atoms with van der Waals surface area (Å²) >= 11 is 0. The Morgan fingerprint density at radius 3 is 2.55 bits per heavy atom. The van der Waals surface area contributed by atoms with Gasteiger partial charge in [0.1, 0.15) is 0 Å². The van der Waals surface area contributed by atoms with E-state index in [-0.39, 0.29) is 0 Å². The first kappa shape index (κ1) is 9.34. The maximum Gasteiger partial charge on any atom is 0.415 e. The standard InChI is InChI=1S/C6H7N3O2/c1-2-4(3-7)5(9-8)6(10)11/h4H,2H2,1H3,(H,10,11). The van der Waals surface area contributed by atoms with Crippen molar-refractivity contribution in [2.75, 3.05) is 0 Å². The third-order valence-electron chi connectivity index (χ3n) is 1.22. The molecule has 0 radical (unpaired) electrons. The third kappa shape index (κ3) is 2.20. The molecule has 0 bridgehead atoms. The van der Waals surface area contributed by atoms with E-state index in [0.717, 1.165) is 0 Å². The summed E-state index contributed by atoms with van der Waals surface area (Å²) in [6.07, 6.45) is 0.322. The van der Waals surface area contributed by atoms with Crippen LogP contribution in [0.4, 0.5) is 0 Å². The quantitative estimate of drug-likeness (QED) is 0.358. The predicted molar refractivity (Wildman–Crippen MR) is 35.7 cm³/mol. The lowest BCUT2D eigenvalue weighted by Gasteiger charge is -1.93. The zero-order chi connectivity index (χ0) is 8.85. The van der Waals surface area contributed by atoms with E-state index >= 15 is 0 Å². The first-order chi connectivity index (χ1) is 5.17. The minimum Gasteiger partial charge on any atom is -0.473 e. The molecule has 0 aromatic heterocycles. The minimum absolute atomic E-state index is 0.322. The van der Waals surface area contributed by atoms with Crippen molar-refractivity contribution in [3.63, 3.8) is 0 Å². The number of rotatable bonds is 3. The normalized spacial score (nSPS) is 10.9. The van der Waals surface area contributed by atoms with E-state index in [1.165, 1.54) is 0 Å². The maximum atomic E-state index is 10.2. The average Bonchev–Trinajstić information content (AvgIpc) is 1.99. The van der Waals surface area contributed by atoms with E-state index in [1.54, 1.807) is 13.0 Å². The summed E-state index contributed by atoms with van der Waals surface area (Å²) in [6.45, 7) is 1.64. The number of nitriles is 1. The highest BCUT2D eigenvalue weighted by Gasteiger charge is 2.29. The van der Waals surface area contributed by atoms with Crippen molar-refractivity contribution in [3.8, 4) is 6.07 Å². The van der Waals surface area contributed by atoms with Gasteiger partial charge in [0.15, 0.2) is 5.92 Å². The zero-order valence-corrected chi connectivity index (χ0v) is 5.98. The average molecular weight is 153 g/mol. The van der Waals surface area contributed by atoms with Crippen LogP contribution in [0.1, 0.15) is 13.3 Å². The Hall–Kier alpha value is -1.66. The highest BCUT2D eigenvalue weighted by atomic mass is 16.4. The second kappa shape index (κ2) is 4.20. The SMILES string of the molecule is CCC(C#N)C(=[N+]=[N-])C(=O)O. The molecular weight excluding hydrogens is 146 g/mol. The number of carboxylic acids is 1. The second-order valence-electron chi connectivity index (χ2n) is 1.88. The number of carboxylic acid groups (broad SMARTS) is 1. The van der Waals surface area contributed by atoms with Crippen LogP contribution in [-0.4, -0.2) is 21.6 Å². The molecule has 1 unspecified atom stereocenters. The molecule has 0 saturated heterocycles. The van der Waals surface area contributed by atoms with Gasteiger partial charge in [0.25, 0.3) is 0 Å². The summed E-state index contributed by atoms with van der Waals surface area (Å²) in [7, 11) is 0. The van der Waals surface area contributed by atoms with Crippen molar-refractivity contribution in [1.29, 1.82) is 5.26 Å². The number of hydrogen-bond donors (Lipinski definition) is 1. The number of hydrogen-bond acceptors (Lipinski definition) is 2. The van der Waals surface area contributed by atoms with Gasteiger partial charge in [-0.2, -0.15) is 10.1 Å². The fourth-order valence-corrected chi connectivity index (χ4v) is 0.607. The minimum atomic E-state index is -1.36. The highest BCUT2D eigenvalue weighted by Crippen LogP contribution is 2.01. The lowest BCUT2D eigenvalue weighted by atomic mass is 10.0. The largest absolute Gasteiger partial charge is 0.473 e. The Kier molecular flexibility index (Phi) is 3.57. The van der Waals surface area contributed by atoms with E-state index < -0.39 is 17.6 Å². The molecule has 5 nitrogen and oxygen atoms in total. The number of carbonyl (C=O) groups is 1. The van der Waals surface area contributed by atoms with Crippen LogP contribution in [0.2, 0.25) is 0 Å². The molecule has 0 amide bonds. The molecule has 0 aromatic carbocycles. The van der Waals surface area contributed by atoms with E-state index in [2.05, 4.69) is 4.79 Å². The van der Waals surface area contributed by atoms with Crippen LogP contribution in [0.25, 0.3) is 5.53 Å². The van der Waals surface area contributed by atoms with Crippen LogP contribution in [0.5, 0.6) is 0 Å². The van der Waals surface area contributed by atoms with Crippen LogP contribution >= 0.6 is 0 Å². The van der Waals surface area contributed by atoms with Gasteiger partial charge in [-0.05, 0) is 6.42 Å². The van der Waals surface area contributed by atoms with Crippen LogP contribution in [-0.2, 0) is 4.79 Å². The molecule has 0 spiro atoms. The molecule has 5 heteroatoms. The summed E-state index contributed by atoms with van der Waals surface area (Å²) in [5.41, 5.74) is 7.68. The fourth-order valence-electron chi connectivity index (χ4n) is 0.607. The molecule has 0 heterocycles. The van der Waals surface area contributed by atoms with Crippen molar-refractivity contribution < 1.29 is 14.7 Å². The van der Waals surface area contributed by atoms with Crippen molar-refractivity contribution in [1.82, 2.24) is 0 Å². The lowest BCUT2D eigenvalue weighted by Crippen LogP contribution is -2.22. The van der Waals surface area contributed by atoms with Gasteiger partial charge in [-0.1, -0.05) is 6.92 Å². The predicted octanol–water partition coefficient (Wildman–Crippen LogP) is 0.292. The first-order valence-electron chi connectivity index (χ1n) is 3.02. The Balaban J connectivity index is 4.67. The monoisotopic (exact) mass is 153 g/mol. The molecule has 1 atom stereocenters. The van der Waals surface area contributed by atoms with Crippen molar-refractivity contribution >= 4 is 11.7 Å². The van der Waals surface area contributed by atoms with Gasteiger partial charge >= 0.3 is 11.7 Å². The molecule has 0 aliphatic rings. The summed E-state index contributed by atoms with van der Waals surface area (Å²) in [5.74, 6) is -2.20. The molecule has 0 aliphatic carbocycles.